The Bertz CT molecular complexity index is 193. The van der Waals surface area contributed by atoms with Crippen LogP contribution in [0.2, 0.25) is 0 Å². The van der Waals surface area contributed by atoms with E-state index in [0.717, 1.165) is 44.8 Å². The Morgan fingerprint density at radius 1 is 1.00 bits per heavy atom. The minimum atomic E-state index is 0.580. The van der Waals surface area contributed by atoms with Crippen LogP contribution in [0.4, 0.5) is 0 Å². The van der Waals surface area contributed by atoms with E-state index in [0.29, 0.717) is 6.54 Å². The lowest BCUT2D eigenvalue weighted by Gasteiger charge is -1.96. The molecular formula is C10H17N3O2. The summed E-state index contributed by atoms with van der Waals surface area (Å²) in [4.78, 5) is 19.5. The average Bonchev–Trinajstić information content (AvgIpc) is 2.26. The second-order valence-electron chi connectivity index (χ2n) is 3.16. The molecule has 0 aromatic carbocycles. The summed E-state index contributed by atoms with van der Waals surface area (Å²) in [6, 6.07) is 0. The van der Waals surface area contributed by atoms with E-state index in [1.165, 1.54) is 6.08 Å². The number of carbonyl (C=O) groups excluding carboxylic acids is 1. The van der Waals surface area contributed by atoms with Gasteiger partial charge in [0.15, 0.2) is 0 Å². The molecule has 0 rings (SSSR count). The first-order chi connectivity index (χ1) is 7.41. The third-order valence-corrected chi connectivity index (χ3v) is 1.94. The minimum Gasteiger partial charge on any atom is -0.299 e. The summed E-state index contributed by atoms with van der Waals surface area (Å²) >= 11 is 0. The van der Waals surface area contributed by atoms with Crippen molar-refractivity contribution in [2.75, 3.05) is 6.54 Å². The second-order valence-corrected chi connectivity index (χ2v) is 3.16. The molecule has 0 N–H and O–H groups in total. The van der Waals surface area contributed by atoms with Crippen LogP contribution in [-0.2, 0) is 4.79 Å². The Balaban J connectivity index is 3.04. The Labute approximate surface area is 89.6 Å². The van der Waals surface area contributed by atoms with Crippen LogP contribution in [0.25, 0.3) is 0 Å². The summed E-state index contributed by atoms with van der Waals surface area (Å²) in [6.45, 7) is 0.580. The summed E-state index contributed by atoms with van der Waals surface area (Å²) in [7, 11) is 0. The maximum Gasteiger partial charge on any atom is 0.142 e. The van der Waals surface area contributed by atoms with Crippen LogP contribution in [0.15, 0.2) is 27.8 Å². The molecule has 0 atom stereocenters. The Morgan fingerprint density at radius 2 is 1.73 bits per heavy atom. The van der Waals surface area contributed by atoms with E-state index in [-0.39, 0.29) is 0 Å². The zero-order valence-corrected chi connectivity index (χ0v) is 8.84. The van der Waals surface area contributed by atoms with Gasteiger partial charge in [0, 0.05) is 0 Å². The topological polar surface area (TPSA) is 71.2 Å². The van der Waals surface area contributed by atoms with Gasteiger partial charge in [0.25, 0.3) is 0 Å². The molecular weight excluding hydrogens is 194 g/mol. The number of hydrogen-bond acceptors (Lipinski definition) is 3. The first-order valence-corrected chi connectivity index (χ1v) is 5.21. The molecule has 5 heteroatoms. The van der Waals surface area contributed by atoms with E-state index in [1.807, 2.05) is 6.08 Å². The fourth-order valence-corrected chi connectivity index (χ4v) is 1.20. The van der Waals surface area contributed by atoms with Crippen molar-refractivity contribution in [2.24, 2.45) is 15.6 Å². The van der Waals surface area contributed by atoms with Gasteiger partial charge in [-0.1, -0.05) is 25.3 Å². The molecule has 0 radical (unpaired) electrons. The van der Waals surface area contributed by atoms with Crippen LogP contribution in [0.3, 0.4) is 0 Å². The summed E-state index contributed by atoms with van der Waals surface area (Å²) in [5, 5.41) is 8.82. The van der Waals surface area contributed by atoms with Crippen LogP contribution < -0.4 is 0 Å². The minimum absolute atomic E-state index is 0.580. The lowest BCUT2D eigenvalue weighted by atomic mass is 10.1. The highest BCUT2D eigenvalue weighted by Gasteiger charge is 1.89. The fraction of sp³-hybridized carbons (Fsp3) is 0.700. The van der Waals surface area contributed by atoms with Gasteiger partial charge in [0.1, 0.15) is 11.6 Å². The molecule has 5 nitrogen and oxygen atoms in total. The molecule has 0 amide bonds. The van der Waals surface area contributed by atoms with Crippen molar-refractivity contribution >= 4 is 6.29 Å². The van der Waals surface area contributed by atoms with Crippen LogP contribution in [0.1, 0.15) is 38.5 Å². The average molecular weight is 211 g/mol. The molecule has 0 bridgehead atoms. The molecule has 0 saturated carbocycles. The molecule has 0 aliphatic heterocycles. The standard InChI is InChI=1S/C10H17N3O2/c14-10-8-6-4-2-1-3-5-7-9-11-12-13-15/h6,8,10H,1-5,7,9H2. The van der Waals surface area contributed by atoms with Gasteiger partial charge in [-0.05, 0) is 30.6 Å². The maximum absolute atomic E-state index is 9.93. The van der Waals surface area contributed by atoms with Gasteiger partial charge in [-0.15, -0.1) is 4.91 Å². The van der Waals surface area contributed by atoms with Crippen molar-refractivity contribution < 1.29 is 4.79 Å². The van der Waals surface area contributed by atoms with Crippen LogP contribution >= 0.6 is 0 Å². The Hall–Kier alpha value is -1.39. The summed E-state index contributed by atoms with van der Waals surface area (Å²) in [6.07, 6.45) is 10.6. The van der Waals surface area contributed by atoms with Gasteiger partial charge < -0.3 is 0 Å². The SMILES string of the molecule is O=CC=CCCCCCCCN=NN=O. The van der Waals surface area contributed by atoms with E-state index < -0.39 is 0 Å². The number of hydrogen-bond donors (Lipinski definition) is 0. The highest BCUT2D eigenvalue weighted by atomic mass is 16.3. The van der Waals surface area contributed by atoms with Gasteiger partial charge in [0.05, 0.1) is 6.54 Å². The first kappa shape index (κ1) is 13.6. The lowest BCUT2D eigenvalue weighted by Crippen LogP contribution is -1.82. The van der Waals surface area contributed by atoms with Crippen molar-refractivity contribution in [2.45, 2.75) is 38.5 Å². The molecule has 0 aliphatic rings. The molecule has 0 aliphatic carbocycles. The normalized spacial score (nSPS) is 11.2. The van der Waals surface area contributed by atoms with E-state index in [9.17, 15) is 9.70 Å². The van der Waals surface area contributed by atoms with E-state index in [4.69, 9.17) is 0 Å². The molecule has 15 heavy (non-hydrogen) atoms. The number of nitroso groups, excluding NO2 is 1. The number of rotatable bonds is 10. The first-order valence-electron chi connectivity index (χ1n) is 5.21. The molecule has 0 aromatic heterocycles. The van der Waals surface area contributed by atoms with E-state index in [2.05, 4.69) is 15.6 Å². The zero-order chi connectivity index (χ0) is 11.2. The van der Waals surface area contributed by atoms with Crippen LogP contribution in [-0.4, -0.2) is 12.8 Å². The van der Waals surface area contributed by atoms with Crippen molar-refractivity contribution in [1.82, 2.24) is 0 Å². The predicted molar refractivity (Wildman–Crippen MR) is 58.4 cm³/mol. The number of allylic oxidation sites excluding steroid dienone is 2. The molecule has 0 spiro atoms. The largest absolute Gasteiger partial charge is 0.299 e. The number of nitrogens with zero attached hydrogens (tertiary/aromatic N) is 3. The van der Waals surface area contributed by atoms with Crippen LogP contribution in [0, 0.1) is 4.91 Å². The number of unbranched alkanes of at least 4 members (excludes halogenated alkanes) is 5. The highest BCUT2D eigenvalue weighted by molar-refractivity contribution is 5.64. The molecule has 0 unspecified atom stereocenters. The highest BCUT2D eigenvalue weighted by Crippen LogP contribution is 2.05. The van der Waals surface area contributed by atoms with Gasteiger partial charge in [-0.25, -0.2) is 0 Å². The summed E-state index contributed by atoms with van der Waals surface area (Å²) in [5.74, 6) is 0. The zero-order valence-electron chi connectivity index (χ0n) is 8.84. The van der Waals surface area contributed by atoms with Crippen molar-refractivity contribution in [1.29, 1.82) is 0 Å². The molecule has 0 heterocycles. The number of carbonyl (C=O) groups is 1. The quantitative estimate of drug-likeness (QED) is 0.139. The Kier molecular flexibility index (Phi) is 11.4. The molecule has 0 aromatic rings. The lowest BCUT2D eigenvalue weighted by molar-refractivity contribution is -0.104. The maximum atomic E-state index is 9.93. The molecule has 0 fully saturated rings. The molecule has 84 valence electrons. The van der Waals surface area contributed by atoms with E-state index in [1.54, 1.807) is 0 Å². The number of aldehydes is 1. The van der Waals surface area contributed by atoms with Crippen molar-refractivity contribution in [3.8, 4) is 0 Å². The van der Waals surface area contributed by atoms with E-state index >= 15 is 0 Å². The smallest absolute Gasteiger partial charge is 0.142 e. The Morgan fingerprint density at radius 3 is 2.47 bits per heavy atom. The van der Waals surface area contributed by atoms with Gasteiger partial charge in [0.2, 0.25) is 0 Å². The van der Waals surface area contributed by atoms with Gasteiger partial charge in [-0.3, -0.25) is 4.79 Å². The third kappa shape index (κ3) is 12.6. The van der Waals surface area contributed by atoms with Crippen molar-refractivity contribution in [3.63, 3.8) is 0 Å². The molecule has 0 saturated heterocycles. The van der Waals surface area contributed by atoms with Crippen molar-refractivity contribution in [3.05, 3.63) is 17.1 Å². The third-order valence-electron chi connectivity index (χ3n) is 1.94. The van der Waals surface area contributed by atoms with Crippen LogP contribution in [0.5, 0.6) is 0 Å². The predicted octanol–water partition coefficient (Wildman–Crippen LogP) is 3.22. The fourth-order valence-electron chi connectivity index (χ4n) is 1.20. The van der Waals surface area contributed by atoms with Gasteiger partial charge in [-0.2, -0.15) is 5.11 Å². The second kappa shape index (κ2) is 12.6. The monoisotopic (exact) mass is 211 g/mol. The van der Waals surface area contributed by atoms with Gasteiger partial charge >= 0.3 is 0 Å². The summed E-state index contributed by atoms with van der Waals surface area (Å²) < 4.78 is 0. The summed E-state index contributed by atoms with van der Waals surface area (Å²) in [5.41, 5.74) is 0.